The van der Waals surface area contributed by atoms with Crippen molar-refractivity contribution in [1.82, 2.24) is 10.2 Å². The fourth-order valence-corrected chi connectivity index (χ4v) is 2.68. The average molecular weight is 255 g/mol. The molecule has 0 radical (unpaired) electrons. The number of hydrogen-bond donors (Lipinski definition) is 2. The highest BCUT2D eigenvalue weighted by Gasteiger charge is 2.16. The monoisotopic (exact) mass is 255 g/mol. The number of benzene rings is 1. The molecule has 1 saturated carbocycles. The number of carbonyl (C=O) groups is 1. The number of nitrogens with one attached hydrogen (secondary N) is 2. The van der Waals surface area contributed by atoms with E-state index in [1.165, 1.54) is 37.4 Å². The molecule has 0 saturated heterocycles. The Bertz CT molecular complexity index is 539. The highest BCUT2D eigenvalue weighted by Crippen LogP contribution is 2.34. The minimum absolute atomic E-state index is 0.137. The van der Waals surface area contributed by atoms with Crippen molar-refractivity contribution in [3.05, 3.63) is 47.8 Å². The zero-order valence-electron chi connectivity index (χ0n) is 10.7. The van der Waals surface area contributed by atoms with Gasteiger partial charge in [-0.15, -0.1) is 0 Å². The minimum atomic E-state index is -0.137. The fourth-order valence-electron chi connectivity index (χ4n) is 2.68. The number of H-pyrrole nitrogens is 1. The molecule has 1 aliphatic carbocycles. The standard InChI is InChI=1S/C15H17N3O/c19-15(13-9-16-17-10-13)18-14-7-5-12(6-8-14)11-3-1-2-4-11/h5-11H,1-4H2,(H,16,17)(H,18,19). The average Bonchev–Trinajstić information content (AvgIpc) is 3.13. The lowest BCUT2D eigenvalue weighted by Crippen LogP contribution is -2.10. The van der Waals surface area contributed by atoms with Gasteiger partial charge in [0.1, 0.15) is 0 Å². The highest BCUT2D eigenvalue weighted by atomic mass is 16.1. The lowest BCUT2D eigenvalue weighted by molar-refractivity contribution is 0.102. The van der Waals surface area contributed by atoms with E-state index < -0.39 is 0 Å². The Balaban J connectivity index is 1.67. The molecule has 1 aromatic carbocycles. The fraction of sp³-hybridized carbons (Fsp3) is 0.333. The molecule has 4 heteroatoms. The molecule has 2 N–H and O–H groups in total. The van der Waals surface area contributed by atoms with E-state index in [4.69, 9.17) is 0 Å². The van der Waals surface area contributed by atoms with Gasteiger partial charge in [-0.25, -0.2) is 0 Å². The number of aromatic amines is 1. The first-order chi connectivity index (χ1) is 9.33. The Morgan fingerprint density at radius 1 is 1.21 bits per heavy atom. The van der Waals surface area contributed by atoms with Crippen LogP contribution in [0.25, 0.3) is 0 Å². The normalized spacial score (nSPS) is 15.6. The topological polar surface area (TPSA) is 57.8 Å². The number of anilines is 1. The van der Waals surface area contributed by atoms with Gasteiger partial charge in [-0.05, 0) is 36.5 Å². The van der Waals surface area contributed by atoms with Crippen LogP contribution in [0.5, 0.6) is 0 Å². The van der Waals surface area contributed by atoms with E-state index in [-0.39, 0.29) is 5.91 Å². The number of amides is 1. The van der Waals surface area contributed by atoms with Gasteiger partial charge in [-0.2, -0.15) is 5.10 Å². The van der Waals surface area contributed by atoms with Crippen LogP contribution in [0.3, 0.4) is 0 Å². The van der Waals surface area contributed by atoms with Crippen LogP contribution in [0.1, 0.15) is 47.5 Å². The quantitative estimate of drug-likeness (QED) is 0.883. The van der Waals surface area contributed by atoms with Crippen molar-refractivity contribution in [2.45, 2.75) is 31.6 Å². The molecule has 19 heavy (non-hydrogen) atoms. The van der Waals surface area contributed by atoms with Crippen LogP contribution in [0.15, 0.2) is 36.7 Å². The lowest BCUT2D eigenvalue weighted by Gasteiger charge is -2.10. The van der Waals surface area contributed by atoms with Gasteiger partial charge < -0.3 is 5.32 Å². The molecule has 4 nitrogen and oxygen atoms in total. The summed E-state index contributed by atoms with van der Waals surface area (Å²) < 4.78 is 0. The first-order valence-electron chi connectivity index (χ1n) is 6.73. The van der Waals surface area contributed by atoms with E-state index in [1.807, 2.05) is 12.1 Å². The van der Waals surface area contributed by atoms with E-state index in [2.05, 4.69) is 27.6 Å². The summed E-state index contributed by atoms with van der Waals surface area (Å²) in [6, 6.07) is 8.21. The van der Waals surface area contributed by atoms with Gasteiger partial charge in [-0.1, -0.05) is 25.0 Å². The van der Waals surface area contributed by atoms with Crippen molar-refractivity contribution in [2.75, 3.05) is 5.32 Å². The smallest absolute Gasteiger partial charge is 0.258 e. The predicted molar refractivity (Wildman–Crippen MR) is 74.2 cm³/mol. The summed E-state index contributed by atoms with van der Waals surface area (Å²) in [4.78, 5) is 11.8. The Kier molecular flexibility index (Phi) is 3.31. The minimum Gasteiger partial charge on any atom is -0.322 e. The number of rotatable bonds is 3. The number of carbonyl (C=O) groups excluding carboxylic acids is 1. The molecule has 1 amide bonds. The van der Waals surface area contributed by atoms with E-state index in [0.717, 1.165) is 5.69 Å². The Hall–Kier alpha value is -2.10. The van der Waals surface area contributed by atoms with Crippen LogP contribution in [0.4, 0.5) is 5.69 Å². The molecule has 0 bridgehead atoms. The predicted octanol–water partition coefficient (Wildman–Crippen LogP) is 3.32. The van der Waals surface area contributed by atoms with Crippen molar-refractivity contribution >= 4 is 11.6 Å². The summed E-state index contributed by atoms with van der Waals surface area (Å²) >= 11 is 0. The molecule has 98 valence electrons. The number of hydrogen-bond acceptors (Lipinski definition) is 2. The second-order valence-corrected chi connectivity index (χ2v) is 5.04. The first-order valence-corrected chi connectivity index (χ1v) is 6.73. The second kappa shape index (κ2) is 5.26. The number of nitrogens with zero attached hydrogens (tertiary/aromatic N) is 1. The summed E-state index contributed by atoms with van der Waals surface area (Å²) in [5, 5.41) is 9.26. The molecule has 1 heterocycles. The van der Waals surface area contributed by atoms with Gasteiger partial charge in [0.2, 0.25) is 0 Å². The van der Waals surface area contributed by atoms with Gasteiger partial charge in [0.15, 0.2) is 0 Å². The Labute approximate surface area is 112 Å². The van der Waals surface area contributed by atoms with Crippen LogP contribution >= 0.6 is 0 Å². The van der Waals surface area contributed by atoms with Gasteiger partial charge >= 0.3 is 0 Å². The third kappa shape index (κ3) is 2.67. The first kappa shape index (κ1) is 12.0. The molecular weight excluding hydrogens is 238 g/mol. The lowest BCUT2D eigenvalue weighted by atomic mass is 9.97. The van der Waals surface area contributed by atoms with Gasteiger partial charge in [0.05, 0.1) is 11.8 Å². The van der Waals surface area contributed by atoms with Crippen LogP contribution in [0, 0.1) is 0 Å². The molecular formula is C15H17N3O. The number of aromatic nitrogens is 2. The zero-order chi connectivity index (χ0) is 13.1. The van der Waals surface area contributed by atoms with E-state index in [9.17, 15) is 4.79 Å². The summed E-state index contributed by atoms with van der Waals surface area (Å²) in [6.45, 7) is 0. The molecule has 2 aromatic rings. The molecule has 0 atom stereocenters. The molecule has 0 unspecified atom stereocenters. The Morgan fingerprint density at radius 3 is 2.58 bits per heavy atom. The van der Waals surface area contributed by atoms with Crippen LogP contribution in [-0.2, 0) is 0 Å². The molecule has 1 aliphatic rings. The molecule has 1 aromatic heterocycles. The van der Waals surface area contributed by atoms with Gasteiger partial charge in [0.25, 0.3) is 5.91 Å². The summed E-state index contributed by atoms with van der Waals surface area (Å²) in [7, 11) is 0. The van der Waals surface area contributed by atoms with Crippen LogP contribution in [0.2, 0.25) is 0 Å². The molecule has 3 rings (SSSR count). The van der Waals surface area contributed by atoms with Gasteiger partial charge in [-0.3, -0.25) is 9.89 Å². The SMILES string of the molecule is O=C(Nc1ccc(C2CCCC2)cc1)c1cn[nH]c1. The van der Waals surface area contributed by atoms with Crippen molar-refractivity contribution in [1.29, 1.82) is 0 Å². The van der Waals surface area contributed by atoms with Crippen molar-refractivity contribution in [3.8, 4) is 0 Å². The molecule has 1 fully saturated rings. The van der Waals surface area contributed by atoms with Crippen LogP contribution < -0.4 is 5.32 Å². The van der Waals surface area contributed by atoms with Crippen LogP contribution in [-0.4, -0.2) is 16.1 Å². The zero-order valence-corrected chi connectivity index (χ0v) is 10.7. The van der Waals surface area contributed by atoms with E-state index in [1.54, 1.807) is 6.20 Å². The van der Waals surface area contributed by atoms with Crippen molar-refractivity contribution in [2.24, 2.45) is 0 Å². The summed E-state index contributed by atoms with van der Waals surface area (Å²) in [5.41, 5.74) is 2.76. The maximum Gasteiger partial charge on any atom is 0.258 e. The maximum atomic E-state index is 11.8. The Morgan fingerprint density at radius 2 is 1.95 bits per heavy atom. The second-order valence-electron chi connectivity index (χ2n) is 5.04. The maximum absolute atomic E-state index is 11.8. The van der Waals surface area contributed by atoms with Gasteiger partial charge in [0, 0.05) is 11.9 Å². The molecule has 0 aliphatic heterocycles. The summed E-state index contributed by atoms with van der Waals surface area (Å²) in [5.74, 6) is 0.570. The third-order valence-corrected chi connectivity index (χ3v) is 3.76. The summed E-state index contributed by atoms with van der Waals surface area (Å²) in [6.07, 6.45) is 8.36. The highest BCUT2D eigenvalue weighted by molar-refractivity contribution is 6.03. The third-order valence-electron chi connectivity index (χ3n) is 3.76. The molecule has 0 spiro atoms. The van der Waals surface area contributed by atoms with Crippen molar-refractivity contribution in [3.63, 3.8) is 0 Å². The largest absolute Gasteiger partial charge is 0.322 e. The van der Waals surface area contributed by atoms with E-state index in [0.29, 0.717) is 11.5 Å². The van der Waals surface area contributed by atoms with E-state index >= 15 is 0 Å². The van der Waals surface area contributed by atoms with Crippen molar-refractivity contribution < 1.29 is 4.79 Å².